The van der Waals surface area contributed by atoms with Crippen molar-refractivity contribution in [2.24, 2.45) is 0 Å². The summed E-state index contributed by atoms with van der Waals surface area (Å²) in [5.41, 5.74) is 17.3. The van der Waals surface area contributed by atoms with E-state index in [1.165, 1.54) is 12.1 Å². The molecule has 0 radical (unpaired) electrons. The normalized spacial score (nSPS) is 14.4. The molecule has 0 amide bonds. The van der Waals surface area contributed by atoms with Crippen LogP contribution >= 0.6 is 0 Å². The van der Waals surface area contributed by atoms with E-state index in [0.29, 0.717) is 40.0 Å². The second-order valence-electron chi connectivity index (χ2n) is 9.02. The summed E-state index contributed by atoms with van der Waals surface area (Å²) >= 11 is 0. The van der Waals surface area contributed by atoms with Gasteiger partial charge in [0.15, 0.2) is 5.65 Å². The second kappa shape index (κ2) is 9.01. The number of hydrogen-bond donors (Lipinski definition) is 3. The van der Waals surface area contributed by atoms with Gasteiger partial charge in [0.25, 0.3) is 0 Å². The molecule has 0 atom stereocenters. The first-order valence-electron chi connectivity index (χ1n) is 11.9. The smallest absolute Gasteiger partial charge is 0.160 e. The Hall–Kier alpha value is -4.37. The Labute approximate surface area is 207 Å². The van der Waals surface area contributed by atoms with Gasteiger partial charge in [0, 0.05) is 51.9 Å². The van der Waals surface area contributed by atoms with Crippen LogP contribution < -0.4 is 16.8 Å². The lowest BCUT2D eigenvalue weighted by molar-refractivity contribution is 0.343. The predicted octanol–water partition coefficient (Wildman–Crippen LogP) is 4.45. The van der Waals surface area contributed by atoms with Crippen LogP contribution in [0.3, 0.4) is 0 Å². The number of nitrogens with one attached hydrogen (secondary N) is 1. The molecule has 0 saturated carbocycles. The minimum Gasteiger partial charge on any atom is -0.399 e. The van der Waals surface area contributed by atoms with Crippen molar-refractivity contribution in [3.63, 3.8) is 0 Å². The third-order valence-electron chi connectivity index (χ3n) is 6.68. The highest BCUT2D eigenvalue weighted by molar-refractivity contribution is 5.98. The second-order valence-corrected chi connectivity index (χ2v) is 9.02. The molecule has 5 heterocycles. The van der Waals surface area contributed by atoms with Gasteiger partial charge in [-0.15, -0.1) is 0 Å². The molecule has 0 aliphatic carbocycles. The lowest BCUT2D eigenvalue weighted by atomic mass is 9.97. The van der Waals surface area contributed by atoms with Gasteiger partial charge in [-0.05, 0) is 74.0 Å². The molecule has 1 aliphatic rings. The topological polar surface area (TPSA) is 121 Å². The van der Waals surface area contributed by atoms with Crippen LogP contribution in [0.1, 0.15) is 18.9 Å². The van der Waals surface area contributed by atoms with E-state index in [9.17, 15) is 4.39 Å². The van der Waals surface area contributed by atoms with Gasteiger partial charge in [-0.25, -0.2) is 19.3 Å². The fourth-order valence-corrected chi connectivity index (χ4v) is 4.76. The van der Waals surface area contributed by atoms with Gasteiger partial charge in [0.2, 0.25) is 0 Å². The number of piperidine rings is 1. The van der Waals surface area contributed by atoms with Gasteiger partial charge in [-0.3, -0.25) is 4.68 Å². The van der Waals surface area contributed by atoms with Crippen LogP contribution in [0.2, 0.25) is 0 Å². The average Bonchev–Trinajstić information content (AvgIpc) is 3.41. The van der Waals surface area contributed by atoms with Crippen molar-refractivity contribution in [2.75, 3.05) is 24.6 Å². The average molecular weight is 481 g/mol. The SMILES string of the molecule is Nc1ccc(F)c(-c2cc(-c3cc(-c4cnn(C5CCNCC5)c4)cnc3N)c3cccnc3n2)c1. The van der Waals surface area contributed by atoms with Crippen LogP contribution in [0.5, 0.6) is 0 Å². The van der Waals surface area contributed by atoms with E-state index in [4.69, 9.17) is 11.5 Å². The number of nitrogen functional groups attached to an aromatic ring is 2. The quantitative estimate of drug-likeness (QED) is 0.325. The van der Waals surface area contributed by atoms with Gasteiger partial charge in [-0.2, -0.15) is 5.10 Å². The molecule has 0 unspecified atom stereocenters. The van der Waals surface area contributed by atoms with Crippen LogP contribution in [0.4, 0.5) is 15.9 Å². The Morgan fingerprint density at radius 3 is 2.64 bits per heavy atom. The summed E-state index contributed by atoms with van der Waals surface area (Å²) < 4.78 is 16.8. The number of fused-ring (bicyclic) bond motifs is 1. The molecule has 1 saturated heterocycles. The molecule has 0 bridgehead atoms. The highest BCUT2D eigenvalue weighted by atomic mass is 19.1. The molecule has 8 nitrogen and oxygen atoms in total. The van der Waals surface area contributed by atoms with E-state index in [0.717, 1.165) is 48.0 Å². The first kappa shape index (κ1) is 22.1. The number of benzene rings is 1. The van der Waals surface area contributed by atoms with Crippen molar-refractivity contribution in [2.45, 2.75) is 18.9 Å². The number of nitrogens with two attached hydrogens (primary N) is 2. The highest BCUT2D eigenvalue weighted by Crippen LogP contribution is 2.37. The summed E-state index contributed by atoms with van der Waals surface area (Å²) in [7, 11) is 0. The maximum absolute atomic E-state index is 14.7. The van der Waals surface area contributed by atoms with Crippen LogP contribution in [-0.4, -0.2) is 37.8 Å². The summed E-state index contributed by atoms with van der Waals surface area (Å²) in [6.07, 6.45) is 9.43. The van der Waals surface area contributed by atoms with Gasteiger partial charge in [-0.1, -0.05) is 0 Å². The molecule has 6 rings (SSSR count). The van der Waals surface area contributed by atoms with E-state index >= 15 is 0 Å². The van der Waals surface area contributed by atoms with Crippen LogP contribution in [-0.2, 0) is 0 Å². The Morgan fingerprint density at radius 1 is 0.917 bits per heavy atom. The Bertz CT molecular complexity index is 1570. The van der Waals surface area contributed by atoms with E-state index in [2.05, 4.69) is 31.6 Å². The first-order valence-corrected chi connectivity index (χ1v) is 11.9. The number of rotatable bonds is 4. The summed E-state index contributed by atoms with van der Waals surface area (Å²) in [5.74, 6) is -0.0528. The summed E-state index contributed by atoms with van der Waals surface area (Å²) in [4.78, 5) is 13.5. The van der Waals surface area contributed by atoms with Crippen LogP contribution in [0.25, 0.3) is 44.5 Å². The first-order chi connectivity index (χ1) is 17.6. The Balaban J connectivity index is 1.48. The molecule has 1 fully saturated rings. The van der Waals surface area contributed by atoms with Crippen molar-refractivity contribution in [1.82, 2.24) is 30.0 Å². The maximum atomic E-state index is 14.7. The van der Waals surface area contributed by atoms with E-state index < -0.39 is 5.82 Å². The Kier molecular flexibility index (Phi) is 5.54. The van der Waals surface area contributed by atoms with E-state index in [-0.39, 0.29) is 0 Å². The molecule has 9 heteroatoms. The molecule has 0 spiro atoms. The van der Waals surface area contributed by atoms with E-state index in [1.54, 1.807) is 18.5 Å². The lowest BCUT2D eigenvalue weighted by Crippen LogP contribution is -2.29. The van der Waals surface area contributed by atoms with Crippen molar-refractivity contribution >= 4 is 22.5 Å². The zero-order valence-corrected chi connectivity index (χ0v) is 19.5. The standard InChI is InChI=1S/C27H25FN8/c28-24-4-3-18(29)11-23(24)25-12-21(20-2-1-7-32-27(20)35-25)22-10-16(13-33-26(22)30)17-14-34-36(15-17)19-5-8-31-9-6-19/h1-4,7,10-15,19,31H,5-6,8-9,29H2,(H2,30,33). The number of pyridine rings is 3. The van der Waals surface area contributed by atoms with Crippen molar-refractivity contribution in [3.8, 4) is 33.5 Å². The molecule has 5 aromatic rings. The lowest BCUT2D eigenvalue weighted by Gasteiger charge is -2.22. The fourth-order valence-electron chi connectivity index (χ4n) is 4.76. The molecule has 1 aliphatic heterocycles. The number of aromatic nitrogens is 5. The predicted molar refractivity (Wildman–Crippen MR) is 139 cm³/mol. The van der Waals surface area contributed by atoms with Gasteiger partial charge >= 0.3 is 0 Å². The highest BCUT2D eigenvalue weighted by Gasteiger charge is 2.18. The number of hydrogen-bond acceptors (Lipinski definition) is 7. The van der Waals surface area contributed by atoms with Gasteiger partial charge in [0.05, 0.1) is 17.9 Å². The monoisotopic (exact) mass is 480 g/mol. The van der Waals surface area contributed by atoms with Crippen LogP contribution in [0, 0.1) is 5.82 Å². The van der Waals surface area contributed by atoms with Crippen LogP contribution in [0.15, 0.2) is 67.3 Å². The largest absolute Gasteiger partial charge is 0.399 e. The third kappa shape index (κ3) is 4.03. The minimum atomic E-state index is -0.414. The molecular formula is C27H25FN8. The molecule has 36 heavy (non-hydrogen) atoms. The molecule has 4 aromatic heterocycles. The number of anilines is 2. The zero-order valence-electron chi connectivity index (χ0n) is 19.5. The van der Waals surface area contributed by atoms with Crippen molar-refractivity contribution in [1.29, 1.82) is 0 Å². The summed E-state index contributed by atoms with van der Waals surface area (Å²) in [6.45, 7) is 1.99. The van der Waals surface area contributed by atoms with Gasteiger partial charge < -0.3 is 16.8 Å². The van der Waals surface area contributed by atoms with E-state index in [1.807, 2.05) is 35.1 Å². The zero-order chi connectivity index (χ0) is 24.6. The molecule has 180 valence electrons. The number of nitrogens with zero attached hydrogens (tertiary/aromatic N) is 5. The maximum Gasteiger partial charge on any atom is 0.160 e. The molecule has 5 N–H and O–H groups in total. The fraction of sp³-hybridized carbons (Fsp3) is 0.185. The van der Waals surface area contributed by atoms with Crippen molar-refractivity contribution < 1.29 is 4.39 Å². The third-order valence-corrected chi connectivity index (χ3v) is 6.68. The molecular weight excluding hydrogens is 455 g/mol. The minimum absolute atomic E-state index is 0.301. The summed E-state index contributed by atoms with van der Waals surface area (Å²) in [5, 5.41) is 8.80. The molecule has 1 aromatic carbocycles. The summed E-state index contributed by atoms with van der Waals surface area (Å²) in [6, 6.07) is 12.4. The van der Waals surface area contributed by atoms with Gasteiger partial charge in [0.1, 0.15) is 11.6 Å². The Morgan fingerprint density at radius 2 is 1.78 bits per heavy atom. The number of halogens is 1. The van der Waals surface area contributed by atoms with Crippen molar-refractivity contribution in [3.05, 3.63) is 73.1 Å².